The van der Waals surface area contributed by atoms with Gasteiger partial charge in [0.05, 0.1) is 0 Å². The maximum Gasteiger partial charge on any atom is 0.316 e. The molecule has 0 saturated heterocycles. The zero-order valence-electron chi connectivity index (χ0n) is 8.10. The van der Waals surface area contributed by atoms with E-state index in [1.165, 1.54) is 0 Å². The first-order chi connectivity index (χ1) is 6.84. The van der Waals surface area contributed by atoms with Crippen molar-refractivity contribution in [3.05, 3.63) is 18.5 Å². The molecule has 1 heterocycles. The molecule has 1 fully saturated rings. The lowest BCUT2D eigenvalue weighted by Crippen LogP contribution is -2.32. The lowest BCUT2D eigenvalue weighted by Gasteiger charge is -2.25. The summed E-state index contributed by atoms with van der Waals surface area (Å²) in [4.78, 5) is 8.05. The molecule has 0 bridgehead atoms. The number of nitrogens with two attached hydrogens (primary N) is 1. The van der Waals surface area contributed by atoms with Gasteiger partial charge in [0, 0.05) is 18.4 Å². The molecule has 1 aromatic heterocycles. The number of ether oxygens (including phenoxy) is 1. The minimum Gasteiger partial charge on any atom is -0.460 e. The van der Waals surface area contributed by atoms with E-state index in [2.05, 4.69) is 9.97 Å². The molecular weight excluding hydrogens is 178 g/mol. The lowest BCUT2D eigenvalue weighted by atomic mass is 9.94. The van der Waals surface area contributed by atoms with Crippen LogP contribution in [0.15, 0.2) is 18.5 Å². The Bertz CT molecular complexity index is 270. The summed E-state index contributed by atoms with van der Waals surface area (Å²) in [6, 6.07) is 2.61. The van der Waals surface area contributed by atoms with Crippen molar-refractivity contribution >= 4 is 0 Å². The Morgan fingerprint density at radius 1 is 1.14 bits per heavy atom. The van der Waals surface area contributed by atoms with Crippen LogP contribution >= 0.6 is 0 Å². The Balaban J connectivity index is 1.87. The van der Waals surface area contributed by atoms with Gasteiger partial charge in [0.25, 0.3) is 0 Å². The molecule has 0 amide bonds. The summed E-state index contributed by atoms with van der Waals surface area (Å²) in [5.41, 5.74) is 5.80. The minimum atomic E-state index is 0.247. The van der Waals surface area contributed by atoms with Gasteiger partial charge in [-0.2, -0.15) is 0 Å². The fraction of sp³-hybridized carbons (Fsp3) is 0.600. The van der Waals surface area contributed by atoms with Gasteiger partial charge in [0.1, 0.15) is 6.10 Å². The number of aromatic nitrogens is 2. The van der Waals surface area contributed by atoms with Gasteiger partial charge in [0.15, 0.2) is 0 Å². The topological polar surface area (TPSA) is 61.0 Å². The van der Waals surface area contributed by atoms with E-state index < -0.39 is 0 Å². The molecule has 4 heteroatoms. The van der Waals surface area contributed by atoms with E-state index >= 15 is 0 Å². The van der Waals surface area contributed by atoms with Crippen LogP contribution in [-0.4, -0.2) is 22.1 Å². The van der Waals surface area contributed by atoms with E-state index in [9.17, 15) is 0 Å². The van der Waals surface area contributed by atoms with Crippen LogP contribution < -0.4 is 10.5 Å². The Hall–Kier alpha value is -1.16. The van der Waals surface area contributed by atoms with Crippen LogP contribution in [0.25, 0.3) is 0 Å². The number of nitrogens with zero attached hydrogens (tertiary/aromatic N) is 2. The number of hydrogen-bond donors (Lipinski definition) is 1. The van der Waals surface area contributed by atoms with Gasteiger partial charge in [0.2, 0.25) is 0 Å². The van der Waals surface area contributed by atoms with E-state index in [1.807, 2.05) is 0 Å². The summed E-state index contributed by atoms with van der Waals surface area (Å²) in [6.07, 6.45) is 7.74. The SMILES string of the molecule is NC1CCC(Oc2ncccn2)CC1. The standard InChI is InChI=1S/C10H15N3O/c11-8-2-4-9(5-3-8)14-10-12-6-1-7-13-10/h1,6-9H,2-5,11H2. The summed E-state index contributed by atoms with van der Waals surface area (Å²) >= 11 is 0. The Labute approximate surface area is 83.5 Å². The zero-order chi connectivity index (χ0) is 9.80. The van der Waals surface area contributed by atoms with Crippen molar-refractivity contribution < 1.29 is 4.74 Å². The molecule has 1 aliphatic rings. The zero-order valence-corrected chi connectivity index (χ0v) is 8.10. The third-order valence-corrected chi connectivity index (χ3v) is 2.53. The molecule has 14 heavy (non-hydrogen) atoms. The van der Waals surface area contributed by atoms with Crippen molar-refractivity contribution in [2.45, 2.75) is 37.8 Å². The lowest BCUT2D eigenvalue weighted by molar-refractivity contribution is 0.135. The quantitative estimate of drug-likeness (QED) is 0.764. The predicted octanol–water partition coefficient (Wildman–Crippen LogP) is 1.13. The summed E-state index contributed by atoms with van der Waals surface area (Å²) in [6.45, 7) is 0. The molecule has 1 aromatic rings. The highest BCUT2D eigenvalue weighted by Crippen LogP contribution is 2.20. The van der Waals surface area contributed by atoms with Gasteiger partial charge in [-0.15, -0.1) is 0 Å². The van der Waals surface area contributed by atoms with Gasteiger partial charge in [-0.25, -0.2) is 9.97 Å². The largest absolute Gasteiger partial charge is 0.460 e. The van der Waals surface area contributed by atoms with Crippen LogP contribution in [0.1, 0.15) is 25.7 Å². The fourth-order valence-corrected chi connectivity index (χ4v) is 1.70. The van der Waals surface area contributed by atoms with Crippen LogP contribution in [-0.2, 0) is 0 Å². The van der Waals surface area contributed by atoms with Crippen molar-refractivity contribution in [3.8, 4) is 6.01 Å². The second-order valence-electron chi connectivity index (χ2n) is 3.69. The van der Waals surface area contributed by atoms with E-state index in [1.54, 1.807) is 18.5 Å². The fourth-order valence-electron chi connectivity index (χ4n) is 1.70. The predicted molar refractivity (Wildman–Crippen MR) is 52.9 cm³/mol. The van der Waals surface area contributed by atoms with Crippen LogP contribution in [0.3, 0.4) is 0 Å². The molecular formula is C10H15N3O. The van der Waals surface area contributed by atoms with Gasteiger partial charge >= 0.3 is 6.01 Å². The second-order valence-corrected chi connectivity index (χ2v) is 3.69. The van der Waals surface area contributed by atoms with Crippen LogP contribution in [0.5, 0.6) is 6.01 Å². The molecule has 0 aliphatic heterocycles. The summed E-state index contributed by atoms with van der Waals surface area (Å²) in [5, 5.41) is 0. The first-order valence-electron chi connectivity index (χ1n) is 5.04. The van der Waals surface area contributed by atoms with Crippen LogP contribution in [0, 0.1) is 0 Å². The molecule has 0 spiro atoms. The molecule has 0 unspecified atom stereocenters. The van der Waals surface area contributed by atoms with Crippen molar-refractivity contribution in [2.24, 2.45) is 5.73 Å². The average Bonchev–Trinajstić information content (AvgIpc) is 2.23. The van der Waals surface area contributed by atoms with E-state index in [-0.39, 0.29) is 6.10 Å². The molecule has 1 aliphatic carbocycles. The van der Waals surface area contributed by atoms with E-state index in [4.69, 9.17) is 10.5 Å². The molecule has 0 radical (unpaired) electrons. The van der Waals surface area contributed by atoms with E-state index in [0.29, 0.717) is 12.1 Å². The Morgan fingerprint density at radius 2 is 1.79 bits per heavy atom. The molecule has 2 rings (SSSR count). The number of hydrogen-bond acceptors (Lipinski definition) is 4. The van der Waals surface area contributed by atoms with Crippen LogP contribution in [0.4, 0.5) is 0 Å². The Kier molecular flexibility index (Phi) is 2.93. The highest BCUT2D eigenvalue weighted by atomic mass is 16.5. The average molecular weight is 193 g/mol. The van der Waals surface area contributed by atoms with Gasteiger partial charge in [-0.05, 0) is 31.7 Å². The van der Waals surface area contributed by atoms with Gasteiger partial charge in [-0.3, -0.25) is 0 Å². The van der Waals surface area contributed by atoms with Crippen molar-refractivity contribution in [2.75, 3.05) is 0 Å². The summed E-state index contributed by atoms with van der Waals surface area (Å²) in [5.74, 6) is 0. The molecule has 2 N–H and O–H groups in total. The summed E-state index contributed by atoms with van der Waals surface area (Å²) < 4.78 is 5.63. The van der Waals surface area contributed by atoms with E-state index in [0.717, 1.165) is 25.7 Å². The molecule has 0 atom stereocenters. The molecule has 0 aromatic carbocycles. The molecule has 1 saturated carbocycles. The smallest absolute Gasteiger partial charge is 0.316 e. The number of rotatable bonds is 2. The first-order valence-corrected chi connectivity index (χ1v) is 5.04. The third kappa shape index (κ3) is 2.42. The van der Waals surface area contributed by atoms with Crippen LogP contribution in [0.2, 0.25) is 0 Å². The highest BCUT2D eigenvalue weighted by molar-refractivity contribution is 4.94. The normalized spacial score (nSPS) is 27.2. The highest BCUT2D eigenvalue weighted by Gasteiger charge is 2.20. The summed E-state index contributed by atoms with van der Waals surface area (Å²) in [7, 11) is 0. The van der Waals surface area contributed by atoms with Gasteiger partial charge < -0.3 is 10.5 Å². The van der Waals surface area contributed by atoms with Gasteiger partial charge in [-0.1, -0.05) is 0 Å². The monoisotopic (exact) mass is 193 g/mol. The maximum absolute atomic E-state index is 5.80. The van der Waals surface area contributed by atoms with Crippen molar-refractivity contribution in [1.82, 2.24) is 9.97 Å². The molecule has 4 nitrogen and oxygen atoms in total. The second kappa shape index (κ2) is 4.37. The van der Waals surface area contributed by atoms with Crippen molar-refractivity contribution in [1.29, 1.82) is 0 Å². The molecule has 76 valence electrons. The third-order valence-electron chi connectivity index (χ3n) is 2.53. The first kappa shape index (κ1) is 9.40. The Morgan fingerprint density at radius 3 is 2.43 bits per heavy atom. The maximum atomic E-state index is 5.80. The minimum absolute atomic E-state index is 0.247. The van der Waals surface area contributed by atoms with Crippen molar-refractivity contribution in [3.63, 3.8) is 0 Å².